The van der Waals surface area contributed by atoms with Crippen LogP contribution in [-0.2, 0) is 4.74 Å². The summed E-state index contributed by atoms with van der Waals surface area (Å²) in [6, 6.07) is 54.5. The summed E-state index contributed by atoms with van der Waals surface area (Å²) in [5.41, 5.74) is 13.9. The normalized spacial score (nSPS) is 11.1. The molecule has 0 atom stereocenters. The van der Waals surface area contributed by atoms with E-state index < -0.39 is 0 Å². The average molecular weight is 964 g/mol. The number of benzene rings is 7. The summed E-state index contributed by atoms with van der Waals surface area (Å²) in [6.45, 7) is 10.3. The maximum Gasteiger partial charge on any atom is 1.00 e. The number of hydrogen-bond donors (Lipinski definition) is 0. The zero-order valence-corrected chi connectivity index (χ0v) is 40.5. The Bertz CT molecular complexity index is 2810. The van der Waals surface area contributed by atoms with E-state index in [2.05, 4.69) is 145 Å². The summed E-state index contributed by atoms with van der Waals surface area (Å²) in [6.07, 6.45) is 7.75. The Morgan fingerprint density at radius 2 is 0.897 bits per heavy atom. The summed E-state index contributed by atoms with van der Waals surface area (Å²) in [5.74, 6) is -0.726. The van der Waals surface area contributed by atoms with Crippen molar-refractivity contribution in [2.75, 3.05) is 13.2 Å². The average Bonchev–Trinajstić information content (AvgIpc) is 3.95. The van der Waals surface area contributed by atoms with Gasteiger partial charge in [-0.3, -0.25) is 19.3 Å². The van der Waals surface area contributed by atoms with Crippen LogP contribution >= 0.6 is 15.9 Å². The number of aryl methyl sites for hydroxylation is 4. The standard InChI is InChI=1S/C24H19FN2.C18H16N2.C6H4BrF.C6H4F.C4H8O.Li/c1-16-6-10-18(11-7-16)23-24(19-12-8-17(2)9-13-19)27-22(15-26-23)20-4-3-5-21(25)14-20;1-13-3-7-15(8-4-13)17-18(20-12-11-19-17)16-9-5-14(2)6-10-16;7-5-2-1-3-6(8)4-5;7-6-4-2-1-3-5-6;1-2-4-5-3-1;/h3-15H,1-2H3;3-12H,1-2H3;1-4H;1-2,4-5H;1-4H2;/q;;;-1;;+1. The Labute approximate surface area is 418 Å². The predicted molar refractivity (Wildman–Crippen MR) is 270 cm³/mol. The summed E-state index contributed by atoms with van der Waals surface area (Å²) in [5, 5.41) is 0. The maximum absolute atomic E-state index is 13.7. The van der Waals surface area contributed by atoms with Crippen molar-refractivity contribution >= 4 is 15.9 Å². The minimum absolute atomic E-state index is 0. The molecule has 10 rings (SSSR count). The third-order valence-electron chi connectivity index (χ3n) is 10.2. The zero-order valence-electron chi connectivity index (χ0n) is 38.9. The molecule has 1 aliphatic heterocycles. The first-order valence-electron chi connectivity index (χ1n) is 21.8. The Balaban J connectivity index is 0.000000182. The number of nitrogens with zero attached hydrogens (tertiary/aromatic N) is 4. The molecular weight excluding hydrogens is 913 g/mol. The topological polar surface area (TPSA) is 60.8 Å². The van der Waals surface area contributed by atoms with Crippen LogP contribution in [0.2, 0.25) is 0 Å². The molecular formula is C58H51BrF3LiN4O. The van der Waals surface area contributed by atoms with Gasteiger partial charge in [-0.25, -0.2) is 13.8 Å². The van der Waals surface area contributed by atoms with Crippen molar-refractivity contribution < 1.29 is 36.8 Å². The second-order valence-corrected chi connectivity index (χ2v) is 16.6. The largest absolute Gasteiger partial charge is 1.00 e. The second kappa shape index (κ2) is 27.4. The molecule has 10 heteroatoms. The summed E-state index contributed by atoms with van der Waals surface area (Å²) < 4.78 is 43.4. The number of ether oxygens (including phenoxy) is 1. The molecule has 2 aromatic heterocycles. The van der Waals surface area contributed by atoms with Crippen molar-refractivity contribution in [2.24, 2.45) is 0 Å². The molecule has 338 valence electrons. The van der Waals surface area contributed by atoms with Gasteiger partial charge < -0.3 is 4.74 Å². The van der Waals surface area contributed by atoms with Crippen molar-refractivity contribution in [3.63, 3.8) is 0 Å². The van der Waals surface area contributed by atoms with E-state index in [0.29, 0.717) is 11.3 Å². The maximum atomic E-state index is 13.7. The third kappa shape index (κ3) is 16.7. The fraction of sp³-hybridized carbons (Fsp3) is 0.138. The van der Waals surface area contributed by atoms with E-state index in [-0.39, 0.29) is 36.3 Å². The number of aromatic nitrogens is 4. The molecule has 3 heterocycles. The van der Waals surface area contributed by atoms with Gasteiger partial charge in [0.05, 0.1) is 34.7 Å². The molecule has 1 saturated heterocycles. The van der Waals surface area contributed by atoms with Crippen LogP contribution in [-0.4, -0.2) is 33.1 Å². The van der Waals surface area contributed by atoms with Crippen LogP contribution in [0.1, 0.15) is 35.1 Å². The van der Waals surface area contributed by atoms with E-state index in [1.807, 2.05) is 18.2 Å². The Morgan fingerprint density at radius 3 is 1.25 bits per heavy atom. The van der Waals surface area contributed by atoms with Crippen molar-refractivity contribution in [1.82, 2.24) is 19.9 Å². The quantitative estimate of drug-likeness (QED) is 0.127. The van der Waals surface area contributed by atoms with Gasteiger partial charge in [0.25, 0.3) is 0 Å². The molecule has 1 aliphatic rings. The first-order valence-corrected chi connectivity index (χ1v) is 22.6. The summed E-state index contributed by atoms with van der Waals surface area (Å²) in [4.78, 5) is 18.6. The Kier molecular flexibility index (Phi) is 21.1. The van der Waals surface area contributed by atoms with Gasteiger partial charge in [0.2, 0.25) is 0 Å². The third-order valence-corrected chi connectivity index (χ3v) is 10.7. The van der Waals surface area contributed by atoms with Gasteiger partial charge in [-0.2, -0.15) is 18.2 Å². The molecule has 9 aromatic rings. The monoisotopic (exact) mass is 962 g/mol. The van der Waals surface area contributed by atoms with Gasteiger partial charge in [0, 0.05) is 63.7 Å². The van der Waals surface area contributed by atoms with Gasteiger partial charge in [-0.1, -0.05) is 153 Å². The molecule has 0 unspecified atom stereocenters. The van der Waals surface area contributed by atoms with Crippen molar-refractivity contribution in [3.8, 4) is 56.3 Å². The number of rotatable bonds is 5. The van der Waals surface area contributed by atoms with Gasteiger partial charge in [-0.15, -0.1) is 12.1 Å². The van der Waals surface area contributed by atoms with Crippen LogP contribution in [0.25, 0.3) is 56.3 Å². The van der Waals surface area contributed by atoms with E-state index in [4.69, 9.17) is 14.7 Å². The molecule has 0 bridgehead atoms. The minimum atomic E-state index is -0.284. The van der Waals surface area contributed by atoms with Gasteiger partial charge in [-0.05, 0) is 70.9 Å². The van der Waals surface area contributed by atoms with Crippen LogP contribution in [0, 0.1) is 51.2 Å². The molecule has 0 aliphatic carbocycles. The van der Waals surface area contributed by atoms with Crippen molar-refractivity contribution in [2.45, 2.75) is 40.5 Å². The molecule has 1 fully saturated rings. The van der Waals surface area contributed by atoms with Crippen LogP contribution in [0.4, 0.5) is 13.2 Å². The van der Waals surface area contributed by atoms with E-state index >= 15 is 0 Å². The van der Waals surface area contributed by atoms with Gasteiger partial charge >= 0.3 is 18.9 Å². The first-order chi connectivity index (χ1) is 32.5. The van der Waals surface area contributed by atoms with Crippen LogP contribution in [0.3, 0.4) is 0 Å². The molecule has 7 aromatic carbocycles. The Hall–Kier alpha value is -6.47. The molecule has 68 heavy (non-hydrogen) atoms. The molecule has 0 N–H and O–H groups in total. The van der Waals surface area contributed by atoms with E-state index in [9.17, 15) is 13.2 Å². The van der Waals surface area contributed by atoms with Crippen LogP contribution in [0.15, 0.2) is 193 Å². The summed E-state index contributed by atoms with van der Waals surface area (Å²) >= 11 is 3.12. The van der Waals surface area contributed by atoms with E-state index in [1.54, 1.807) is 48.9 Å². The Morgan fingerprint density at radius 1 is 0.471 bits per heavy atom. The number of hydrogen-bond acceptors (Lipinski definition) is 5. The van der Waals surface area contributed by atoms with Crippen LogP contribution in [0.5, 0.6) is 0 Å². The molecule has 0 spiro atoms. The SMILES string of the molecule is C1CCOC1.Cc1ccc(-c2ncc(-c3cccc(F)c3)nc2-c2ccc(C)cc2)cc1.Cc1ccc(-c2nccnc2-c2ccc(C)cc2)cc1.Fc1c[c-]ccc1.Fc1cccc(Br)c1.[Li+]. The van der Waals surface area contributed by atoms with Gasteiger partial charge in [0.15, 0.2) is 0 Å². The van der Waals surface area contributed by atoms with E-state index in [0.717, 1.165) is 62.7 Å². The minimum Gasteiger partial charge on any atom is -0.381 e. The molecule has 0 saturated carbocycles. The molecule has 0 amide bonds. The second-order valence-electron chi connectivity index (χ2n) is 15.7. The fourth-order valence-corrected chi connectivity index (χ4v) is 6.91. The summed E-state index contributed by atoms with van der Waals surface area (Å²) in [7, 11) is 0. The van der Waals surface area contributed by atoms with Crippen molar-refractivity contribution in [1.29, 1.82) is 0 Å². The smallest absolute Gasteiger partial charge is 0.381 e. The van der Waals surface area contributed by atoms with E-state index in [1.165, 1.54) is 71.5 Å². The first kappa shape index (κ1) is 52.5. The van der Waals surface area contributed by atoms with Gasteiger partial charge in [0.1, 0.15) is 11.6 Å². The van der Waals surface area contributed by atoms with Crippen molar-refractivity contribution in [3.05, 3.63) is 239 Å². The molecule has 5 nitrogen and oxygen atoms in total. The number of halogens is 4. The predicted octanol–water partition coefficient (Wildman–Crippen LogP) is 12.7. The zero-order chi connectivity index (χ0) is 47.4. The van der Waals surface area contributed by atoms with Crippen LogP contribution < -0.4 is 18.9 Å². The molecule has 0 radical (unpaired) electrons. The fourth-order valence-electron chi connectivity index (χ4n) is 6.54.